The molecule has 15 heteroatoms. The number of nitrogens with one attached hydrogen (secondary N) is 1. The number of carboxylic acids is 2. The molecule has 0 bridgehead atoms. The molecule has 3 amide bonds. The first-order chi connectivity index (χ1) is 15.3. The highest BCUT2D eigenvalue weighted by atomic mass is 16.6. The number of hydrogen-bond acceptors (Lipinski definition) is 10. The lowest BCUT2D eigenvalue weighted by Crippen LogP contribution is -2.69. The van der Waals surface area contributed by atoms with E-state index in [0.717, 1.165) is 11.8 Å². The minimum atomic E-state index is -1.53. The fourth-order valence-corrected chi connectivity index (χ4v) is 3.38. The van der Waals surface area contributed by atoms with Crippen LogP contribution >= 0.6 is 0 Å². The number of nitrogens with zero attached hydrogens (tertiary/aromatic N) is 1. The third-order valence-corrected chi connectivity index (χ3v) is 5.06. The van der Waals surface area contributed by atoms with Gasteiger partial charge in [0.2, 0.25) is 17.7 Å². The van der Waals surface area contributed by atoms with Gasteiger partial charge in [-0.05, 0) is 13.3 Å². The third kappa shape index (κ3) is 7.61. The molecule has 15 nitrogen and oxygen atoms in total. The van der Waals surface area contributed by atoms with E-state index in [0.29, 0.717) is 0 Å². The quantitative estimate of drug-likeness (QED) is 0.141. The Morgan fingerprint density at radius 3 is 2.24 bits per heavy atom. The van der Waals surface area contributed by atoms with Gasteiger partial charge in [-0.2, -0.15) is 0 Å². The van der Waals surface area contributed by atoms with Gasteiger partial charge < -0.3 is 51.6 Å². The number of amides is 3. The average molecular weight is 478 g/mol. The van der Waals surface area contributed by atoms with Crippen molar-refractivity contribution in [3.05, 3.63) is 0 Å². The van der Waals surface area contributed by atoms with E-state index in [9.17, 15) is 34.2 Å². The zero-order valence-corrected chi connectivity index (χ0v) is 18.1. The number of ether oxygens (including phenoxy) is 2. The predicted molar refractivity (Wildman–Crippen MR) is 107 cm³/mol. The first-order valence-corrected chi connectivity index (χ1v) is 9.95. The SMILES string of the molecule is CC(=O)N(C1O[C@H](CO)[C@@H](O)[C@H](OCC(=O)O)[C@H]1N)[C@@H](C)C(=O)N[C@H](CCC(=O)O)C(N)=O. The van der Waals surface area contributed by atoms with E-state index in [1.54, 1.807) is 0 Å². The minimum absolute atomic E-state index is 0.285. The van der Waals surface area contributed by atoms with Crippen LogP contribution in [-0.2, 0) is 33.4 Å². The maximum absolute atomic E-state index is 12.7. The van der Waals surface area contributed by atoms with Crippen LogP contribution in [0.25, 0.3) is 0 Å². The molecule has 33 heavy (non-hydrogen) atoms. The van der Waals surface area contributed by atoms with Gasteiger partial charge in [-0.3, -0.25) is 19.2 Å². The predicted octanol–water partition coefficient (Wildman–Crippen LogP) is -4.07. The second-order valence-electron chi connectivity index (χ2n) is 7.48. The summed E-state index contributed by atoms with van der Waals surface area (Å²) in [5.41, 5.74) is 11.3. The lowest BCUT2D eigenvalue weighted by molar-refractivity contribution is -0.239. The topological polar surface area (TPSA) is 252 Å². The van der Waals surface area contributed by atoms with Crippen LogP contribution in [0.2, 0.25) is 0 Å². The second-order valence-corrected chi connectivity index (χ2v) is 7.48. The van der Waals surface area contributed by atoms with Crippen LogP contribution < -0.4 is 16.8 Å². The first kappa shape index (κ1) is 28.2. The van der Waals surface area contributed by atoms with Crippen LogP contribution in [0.15, 0.2) is 0 Å². The normalized spacial score (nSPS) is 26.6. The van der Waals surface area contributed by atoms with Gasteiger partial charge >= 0.3 is 11.9 Å². The minimum Gasteiger partial charge on any atom is -0.481 e. The zero-order chi connectivity index (χ0) is 25.5. The van der Waals surface area contributed by atoms with E-state index in [1.807, 2.05) is 0 Å². The van der Waals surface area contributed by atoms with Gasteiger partial charge in [0, 0.05) is 13.3 Å². The van der Waals surface area contributed by atoms with Crippen LogP contribution in [0.3, 0.4) is 0 Å². The van der Waals surface area contributed by atoms with Crippen molar-refractivity contribution in [2.45, 2.75) is 69.4 Å². The smallest absolute Gasteiger partial charge is 0.329 e. The number of carbonyl (C=O) groups excluding carboxylic acids is 3. The number of primary amides is 1. The Bertz CT molecular complexity index is 749. The van der Waals surface area contributed by atoms with Crippen molar-refractivity contribution in [1.82, 2.24) is 10.2 Å². The van der Waals surface area contributed by atoms with Gasteiger partial charge in [0.25, 0.3) is 0 Å². The highest BCUT2D eigenvalue weighted by molar-refractivity contribution is 5.91. The fourth-order valence-electron chi connectivity index (χ4n) is 3.38. The number of carbonyl (C=O) groups is 5. The molecule has 0 radical (unpaired) electrons. The van der Waals surface area contributed by atoms with Gasteiger partial charge in [0.15, 0.2) is 6.23 Å². The molecular weight excluding hydrogens is 448 g/mol. The molecule has 1 unspecified atom stereocenters. The molecule has 0 aromatic heterocycles. The average Bonchev–Trinajstić information content (AvgIpc) is 2.71. The van der Waals surface area contributed by atoms with Crippen LogP contribution in [0.1, 0.15) is 26.7 Å². The number of nitrogens with two attached hydrogens (primary N) is 2. The van der Waals surface area contributed by atoms with E-state index >= 15 is 0 Å². The lowest BCUT2D eigenvalue weighted by Gasteiger charge is -2.47. The molecule has 1 heterocycles. The molecule has 1 fully saturated rings. The van der Waals surface area contributed by atoms with Crippen LogP contribution in [0.5, 0.6) is 0 Å². The van der Waals surface area contributed by atoms with E-state index < -0.39 is 92.0 Å². The number of rotatable bonds is 12. The summed E-state index contributed by atoms with van der Waals surface area (Å²) in [5.74, 6) is -5.15. The summed E-state index contributed by atoms with van der Waals surface area (Å²) in [5, 5.41) is 39.8. The van der Waals surface area contributed by atoms with Crippen LogP contribution in [0.4, 0.5) is 0 Å². The highest BCUT2D eigenvalue weighted by Crippen LogP contribution is 2.26. The van der Waals surface area contributed by atoms with Gasteiger partial charge in [-0.15, -0.1) is 0 Å². The third-order valence-electron chi connectivity index (χ3n) is 5.06. The summed E-state index contributed by atoms with van der Waals surface area (Å²) < 4.78 is 10.7. The van der Waals surface area contributed by atoms with Gasteiger partial charge in [-0.1, -0.05) is 0 Å². The molecule has 0 saturated carbocycles. The highest BCUT2D eigenvalue weighted by Gasteiger charge is 2.48. The molecule has 0 aromatic carbocycles. The molecule has 1 aliphatic rings. The maximum Gasteiger partial charge on any atom is 0.329 e. The number of aliphatic hydroxyl groups is 2. The van der Waals surface area contributed by atoms with Crippen molar-refractivity contribution in [3.63, 3.8) is 0 Å². The summed E-state index contributed by atoms with van der Waals surface area (Å²) >= 11 is 0. The molecule has 0 aromatic rings. The fraction of sp³-hybridized carbons (Fsp3) is 0.722. The summed E-state index contributed by atoms with van der Waals surface area (Å²) in [4.78, 5) is 59.2. The molecule has 188 valence electrons. The van der Waals surface area contributed by atoms with Crippen molar-refractivity contribution in [2.75, 3.05) is 13.2 Å². The lowest BCUT2D eigenvalue weighted by atomic mass is 9.95. The summed E-state index contributed by atoms with van der Waals surface area (Å²) in [6, 6.07) is -4.00. The molecule has 9 N–H and O–H groups in total. The van der Waals surface area contributed by atoms with E-state index in [2.05, 4.69) is 5.32 Å². The molecule has 7 atom stereocenters. The number of aliphatic hydroxyl groups excluding tert-OH is 2. The molecular formula is C18H30N4O11. The molecule has 0 aliphatic carbocycles. The Hall–Kier alpha value is -2.85. The number of hydrogen-bond donors (Lipinski definition) is 7. The standard InChI is InChI=1S/C18H30N4O11/c1-7(17(31)21-9(16(20)30)3-4-11(25)26)22(8(2)24)18-13(19)15(32-6-12(27)28)14(29)10(5-23)33-18/h7,9-10,13-15,18,23,29H,3-6,19H2,1-2H3,(H2,20,30)(H,21,31)(H,25,26)(H,27,28)/t7-,9+,10+,13+,14+,15+,18?/m0/s1. The van der Waals surface area contributed by atoms with Crippen LogP contribution in [-0.4, -0.2) is 111 Å². The number of carboxylic acid groups (broad SMARTS) is 2. The van der Waals surface area contributed by atoms with Gasteiger partial charge in [0.1, 0.15) is 37.0 Å². The van der Waals surface area contributed by atoms with Crippen molar-refractivity contribution in [1.29, 1.82) is 0 Å². The second kappa shape index (κ2) is 12.4. The molecule has 1 aliphatic heterocycles. The monoisotopic (exact) mass is 478 g/mol. The number of aliphatic carboxylic acids is 2. The first-order valence-electron chi connectivity index (χ1n) is 9.95. The molecule has 0 spiro atoms. The van der Waals surface area contributed by atoms with Crippen LogP contribution in [0, 0.1) is 0 Å². The Balaban J connectivity index is 3.13. The maximum atomic E-state index is 12.7. The summed E-state index contributed by atoms with van der Waals surface area (Å²) in [7, 11) is 0. The van der Waals surface area contributed by atoms with Gasteiger partial charge in [-0.25, -0.2) is 4.79 Å². The van der Waals surface area contributed by atoms with Gasteiger partial charge in [0.05, 0.1) is 12.6 Å². The van der Waals surface area contributed by atoms with E-state index in [1.165, 1.54) is 6.92 Å². The van der Waals surface area contributed by atoms with E-state index in [4.69, 9.17) is 31.2 Å². The summed E-state index contributed by atoms with van der Waals surface area (Å²) in [6.45, 7) is 0.791. The Labute approximate surface area is 188 Å². The van der Waals surface area contributed by atoms with Crippen molar-refractivity contribution in [2.24, 2.45) is 11.5 Å². The summed E-state index contributed by atoms with van der Waals surface area (Å²) in [6.07, 6.45) is -6.40. The van der Waals surface area contributed by atoms with Crippen molar-refractivity contribution >= 4 is 29.7 Å². The Morgan fingerprint density at radius 2 is 1.79 bits per heavy atom. The zero-order valence-electron chi connectivity index (χ0n) is 18.1. The Kier molecular flexibility index (Phi) is 10.6. The molecule has 1 rings (SSSR count). The van der Waals surface area contributed by atoms with Crippen molar-refractivity contribution < 1.29 is 53.9 Å². The Morgan fingerprint density at radius 1 is 1.18 bits per heavy atom. The molecule has 1 saturated heterocycles. The largest absolute Gasteiger partial charge is 0.481 e. The van der Waals surface area contributed by atoms with E-state index in [-0.39, 0.29) is 6.42 Å². The van der Waals surface area contributed by atoms with Crippen molar-refractivity contribution in [3.8, 4) is 0 Å².